The van der Waals surface area contributed by atoms with Gasteiger partial charge in [-0.2, -0.15) is 0 Å². The summed E-state index contributed by atoms with van der Waals surface area (Å²) in [7, 11) is 0. The Kier molecular flexibility index (Phi) is 6.42. The van der Waals surface area contributed by atoms with Gasteiger partial charge in [0.1, 0.15) is 5.01 Å². The smallest absolute Gasteiger partial charge is 0.303 e. The first-order valence-electron chi connectivity index (χ1n) is 8.32. The van der Waals surface area contributed by atoms with Gasteiger partial charge in [-0.3, -0.25) is 9.59 Å². The number of aliphatic carboxylic acids is 1. The van der Waals surface area contributed by atoms with E-state index >= 15 is 0 Å². The largest absolute Gasteiger partial charge is 0.481 e. The van der Waals surface area contributed by atoms with Gasteiger partial charge >= 0.3 is 5.97 Å². The van der Waals surface area contributed by atoms with Crippen molar-refractivity contribution in [2.24, 2.45) is 5.41 Å². The minimum Gasteiger partial charge on any atom is -0.481 e. The number of carboxylic acid groups (broad SMARTS) is 1. The number of benzene rings is 1. The summed E-state index contributed by atoms with van der Waals surface area (Å²) in [6.07, 6.45) is 0.112. The fourth-order valence-corrected chi connectivity index (χ4v) is 3.99. The molecule has 0 aliphatic carbocycles. The van der Waals surface area contributed by atoms with E-state index in [0.29, 0.717) is 5.02 Å². The third-order valence-electron chi connectivity index (χ3n) is 3.96. The van der Waals surface area contributed by atoms with E-state index in [1.807, 2.05) is 38.1 Å². The molecule has 1 unspecified atom stereocenters. The molecule has 7 heteroatoms. The van der Waals surface area contributed by atoms with E-state index in [2.05, 4.69) is 10.3 Å². The quantitative estimate of drug-likeness (QED) is 0.704. The van der Waals surface area contributed by atoms with Crippen molar-refractivity contribution in [1.29, 1.82) is 0 Å². The monoisotopic (exact) mass is 394 g/mol. The Morgan fingerprint density at radius 2 is 1.88 bits per heavy atom. The molecule has 1 aromatic heterocycles. The molecule has 0 fully saturated rings. The van der Waals surface area contributed by atoms with Gasteiger partial charge in [0.05, 0.1) is 23.0 Å². The van der Waals surface area contributed by atoms with Crippen molar-refractivity contribution < 1.29 is 14.7 Å². The van der Waals surface area contributed by atoms with Gasteiger partial charge < -0.3 is 10.4 Å². The number of amides is 1. The van der Waals surface area contributed by atoms with Crippen LogP contribution in [0.25, 0.3) is 10.6 Å². The normalized spacial score (nSPS) is 12.7. The van der Waals surface area contributed by atoms with Gasteiger partial charge in [-0.15, -0.1) is 11.3 Å². The molecule has 2 aromatic rings. The fourth-order valence-electron chi connectivity index (χ4n) is 2.79. The maximum Gasteiger partial charge on any atom is 0.303 e. The molecule has 1 aromatic carbocycles. The number of nitrogens with one attached hydrogen (secondary N) is 1. The van der Waals surface area contributed by atoms with Crippen LogP contribution < -0.4 is 5.32 Å². The second-order valence-corrected chi connectivity index (χ2v) is 8.64. The number of carbonyl (C=O) groups excluding carboxylic acids is 1. The summed E-state index contributed by atoms with van der Waals surface area (Å²) in [6, 6.07) is 7.29. The highest BCUT2D eigenvalue weighted by Gasteiger charge is 2.26. The van der Waals surface area contributed by atoms with E-state index in [1.54, 1.807) is 13.8 Å². The van der Waals surface area contributed by atoms with Crippen molar-refractivity contribution in [3.05, 3.63) is 39.9 Å². The average Bonchev–Trinajstić information content (AvgIpc) is 2.87. The molecular weight excluding hydrogens is 372 g/mol. The van der Waals surface area contributed by atoms with Gasteiger partial charge in [-0.25, -0.2) is 4.98 Å². The maximum atomic E-state index is 12.3. The van der Waals surface area contributed by atoms with Crippen LogP contribution in [0, 0.1) is 12.3 Å². The van der Waals surface area contributed by atoms with Gasteiger partial charge in [0.25, 0.3) is 0 Å². The number of hydrogen-bond acceptors (Lipinski definition) is 4. The van der Waals surface area contributed by atoms with Crippen LogP contribution in [-0.4, -0.2) is 22.0 Å². The Labute approximate surface area is 162 Å². The number of thiazole rings is 1. The molecule has 2 rings (SSSR count). The molecule has 0 spiro atoms. The fraction of sp³-hybridized carbons (Fsp3) is 0.421. The number of aryl methyl sites for hydroxylation is 1. The summed E-state index contributed by atoms with van der Waals surface area (Å²) in [4.78, 5) is 28.8. The highest BCUT2D eigenvalue weighted by Crippen LogP contribution is 2.33. The average molecular weight is 395 g/mol. The molecule has 0 radical (unpaired) electrons. The first-order chi connectivity index (χ1) is 12.1. The topological polar surface area (TPSA) is 79.3 Å². The number of nitrogens with zero attached hydrogens (tertiary/aromatic N) is 1. The lowest BCUT2D eigenvalue weighted by Crippen LogP contribution is -2.31. The van der Waals surface area contributed by atoms with E-state index in [0.717, 1.165) is 21.1 Å². The third-order valence-corrected chi connectivity index (χ3v) is 5.60. The number of halogens is 1. The van der Waals surface area contributed by atoms with E-state index in [4.69, 9.17) is 16.7 Å². The van der Waals surface area contributed by atoms with Gasteiger partial charge in [0, 0.05) is 17.0 Å². The first-order valence-corrected chi connectivity index (χ1v) is 9.51. The maximum absolute atomic E-state index is 12.3. The van der Waals surface area contributed by atoms with Crippen molar-refractivity contribution in [2.75, 3.05) is 0 Å². The Morgan fingerprint density at radius 3 is 2.46 bits per heavy atom. The highest BCUT2D eigenvalue weighted by molar-refractivity contribution is 7.15. The summed E-state index contributed by atoms with van der Waals surface area (Å²) < 4.78 is 0. The number of rotatable bonds is 7. The molecule has 140 valence electrons. The van der Waals surface area contributed by atoms with Gasteiger partial charge in [-0.1, -0.05) is 37.6 Å². The Bertz CT molecular complexity index is 800. The number of hydrogen-bond donors (Lipinski definition) is 2. The number of carbonyl (C=O) groups is 2. The summed E-state index contributed by atoms with van der Waals surface area (Å²) in [5, 5.41) is 13.4. The van der Waals surface area contributed by atoms with Crippen LogP contribution in [-0.2, 0) is 9.59 Å². The molecule has 0 aliphatic rings. The Morgan fingerprint density at radius 1 is 1.27 bits per heavy atom. The summed E-state index contributed by atoms with van der Waals surface area (Å²) in [5.74, 6) is -1.06. The molecule has 1 heterocycles. The van der Waals surface area contributed by atoms with Crippen LogP contribution in [0.3, 0.4) is 0 Å². The third kappa shape index (κ3) is 5.54. The second-order valence-electron chi connectivity index (χ2n) is 7.18. The molecule has 26 heavy (non-hydrogen) atoms. The molecule has 0 bridgehead atoms. The zero-order chi connectivity index (χ0) is 19.5. The molecule has 0 aliphatic heterocycles. The molecule has 0 saturated carbocycles. The van der Waals surface area contributed by atoms with Gasteiger partial charge in [-0.05, 0) is 31.4 Å². The van der Waals surface area contributed by atoms with Crippen LogP contribution in [0.15, 0.2) is 24.3 Å². The van der Waals surface area contributed by atoms with Crippen molar-refractivity contribution in [3.8, 4) is 10.6 Å². The van der Waals surface area contributed by atoms with Crippen LogP contribution in [0.2, 0.25) is 5.02 Å². The minimum atomic E-state index is -0.901. The number of aromatic nitrogens is 1. The summed E-state index contributed by atoms with van der Waals surface area (Å²) in [5.41, 5.74) is 1.26. The lowest BCUT2D eigenvalue weighted by molar-refractivity contribution is -0.139. The minimum absolute atomic E-state index is 0.0465. The lowest BCUT2D eigenvalue weighted by atomic mass is 9.85. The molecule has 2 N–H and O–H groups in total. The van der Waals surface area contributed by atoms with Crippen LogP contribution in [0.5, 0.6) is 0 Å². The van der Waals surface area contributed by atoms with Crippen LogP contribution in [0.4, 0.5) is 0 Å². The molecular formula is C19H23ClN2O3S. The Hall–Kier alpha value is -1.92. The van der Waals surface area contributed by atoms with Crippen LogP contribution in [0.1, 0.15) is 50.2 Å². The summed E-state index contributed by atoms with van der Waals surface area (Å²) >= 11 is 7.46. The van der Waals surface area contributed by atoms with E-state index in [-0.39, 0.29) is 24.8 Å². The highest BCUT2D eigenvalue weighted by atomic mass is 35.5. The molecule has 5 nitrogen and oxygen atoms in total. The molecule has 1 atom stereocenters. The molecule has 1 amide bonds. The first kappa shape index (κ1) is 20.4. The van der Waals surface area contributed by atoms with E-state index < -0.39 is 11.4 Å². The zero-order valence-corrected chi connectivity index (χ0v) is 16.9. The standard InChI is InChI=1S/C19H23ClN2O3S/c1-11(21-15(23)9-19(3,4)10-16(24)25)17-12(2)22-18(26-17)13-5-7-14(20)8-6-13/h5-8,11H,9-10H2,1-4H3,(H,21,23)(H,24,25). The van der Waals surface area contributed by atoms with E-state index in [9.17, 15) is 9.59 Å². The van der Waals surface area contributed by atoms with Crippen molar-refractivity contribution in [2.45, 2.75) is 46.6 Å². The predicted molar refractivity (Wildman–Crippen MR) is 105 cm³/mol. The molecule has 0 saturated heterocycles. The van der Waals surface area contributed by atoms with Gasteiger partial charge in [0.2, 0.25) is 5.91 Å². The Balaban J connectivity index is 2.07. The SMILES string of the molecule is Cc1nc(-c2ccc(Cl)cc2)sc1C(C)NC(=O)CC(C)(C)CC(=O)O. The lowest BCUT2D eigenvalue weighted by Gasteiger charge is -2.23. The van der Waals surface area contributed by atoms with Crippen molar-refractivity contribution in [1.82, 2.24) is 10.3 Å². The number of carboxylic acids is 1. The predicted octanol–water partition coefficient (Wildman–Crippen LogP) is 4.84. The van der Waals surface area contributed by atoms with Crippen LogP contribution >= 0.6 is 22.9 Å². The summed E-state index contributed by atoms with van der Waals surface area (Å²) in [6.45, 7) is 7.39. The van der Waals surface area contributed by atoms with E-state index in [1.165, 1.54) is 11.3 Å². The van der Waals surface area contributed by atoms with Crippen molar-refractivity contribution >= 4 is 34.8 Å². The van der Waals surface area contributed by atoms with Crippen molar-refractivity contribution in [3.63, 3.8) is 0 Å². The second kappa shape index (κ2) is 8.18. The zero-order valence-electron chi connectivity index (χ0n) is 15.3. The van der Waals surface area contributed by atoms with Gasteiger partial charge in [0.15, 0.2) is 0 Å².